The number of nitrogens with zero attached hydrogens (tertiary/aromatic N) is 1. The van der Waals surface area contributed by atoms with Gasteiger partial charge in [-0.1, -0.05) is 36.4 Å². The van der Waals surface area contributed by atoms with Gasteiger partial charge in [0.1, 0.15) is 0 Å². The molecule has 0 fully saturated rings. The third-order valence-electron chi connectivity index (χ3n) is 3.63. The molecule has 0 saturated heterocycles. The second-order valence-electron chi connectivity index (χ2n) is 4.68. The molecular weight excluding hydrogens is 226 g/mol. The zero-order valence-corrected chi connectivity index (χ0v) is 10.2. The second-order valence-corrected chi connectivity index (χ2v) is 4.68. The number of hydrogen-bond acceptors (Lipinski definition) is 3. The van der Waals surface area contributed by atoms with Crippen molar-refractivity contribution in [3.05, 3.63) is 47.5 Å². The largest absolute Gasteiger partial charge is 0.395 e. The molecule has 1 aliphatic carbocycles. The van der Waals surface area contributed by atoms with E-state index in [1.807, 2.05) is 6.07 Å². The van der Waals surface area contributed by atoms with Gasteiger partial charge in [-0.3, -0.25) is 4.90 Å². The maximum Gasteiger partial charge on any atom is 0.0616 e. The van der Waals surface area contributed by atoms with E-state index >= 15 is 0 Å². The van der Waals surface area contributed by atoms with E-state index in [9.17, 15) is 0 Å². The van der Waals surface area contributed by atoms with E-state index in [4.69, 9.17) is 10.2 Å². The predicted octanol–water partition coefficient (Wildman–Crippen LogP) is 1.53. The summed E-state index contributed by atoms with van der Waals surface area (Å²) in [5.74, 6) is 0. The van der Waals surface area contributed by atoms with E-state index < -0.39 is 0 Å². The van der Waals surface area contributed by atoms with Crippen LogP contribution >= 0.6 is 0 Å². The van der Waals surface area contributed by atoms with Gasteiger partial charge in [-0.25, -0.2) is 0 Å². The summed E-state index contributed by atoms with van der Waals surface area (Å²) in [5.41, 5.74) is 2.69. The van der Waals surface area contributed by atoms with Crippen LogP contribution in [0.25, 0.3) is 10.8 Å². The molecule has 3 nitrogen and oxygen atoms in total. The number of fused-ring (bicyclic) bond motifs is 3. The molecule has 0 saturated carbocycles. The molecule has 0 spiro atoms. The Labute approximate surface area is 106 Å². The van der Waals surface area contributed by atoms with Gasteiger partial charge in [0.15, 0.2) is 0 Å². The summed E-state index contributed by atoms with van der Waals surface area (Å²) in [6.45, 7) is 1.47. The van der Waals surface area contributed by atoms with Gasteiger partial charge < -0.3 is 10.2 Å². The molecular formula is C15H17NO2. The van der Waals surface area contributed by atoms with Crippen LogP contribution in [0.5, 0.6) is 0 Å². The minimum absolute atomic E-state index is 0.127. The molecule has 0 radical (unpaired) electrons. The monoisotopic (exact) mass is 243 g/mol. The maximum absolute atomic E-state index is 9.11. The van der Waals surface area contributed by atoms with Crippen LogP contribution in [0.2, 0.25) is 0 Å². The lowest BCUT2D eigenvalue weighted by atomic mass is 10.1. The lowest BCUT2D eigenvalue weighted by Gasteiger charge is -2.19. The van der Waals surface area contributed by atoms with Crippen LogP contribution in [-0.2, 0) is 0 Å². The van der Waals surface area contributed by atoms with E-state index in [0.29, 0.717) is 13.1 Å². The fraction of sp³-hybridized carbons (Fsp3) is 0.333. The van der Waals surface area contributed by atoms with Crippen molar-refractivity contribution in [1.82, 2.24) is 4.90 Å². The summed E-state index contributed by atoms with van der Waals surface area (Å²) in [5, 5.41) is 20.8. The fourth-order valence-electron chi connectivity index (χ4n) is 2.78. The fourth-order valence-corrected chi connectivity index (χ4v) is 2.78. The first-order valence-corrected chi connectivity index (χ1v) is 6.34. The summed E-state index contributed by atoms with van der Waals surface area (Å²) in [4.78, 5) is 2.14. The predicted molar refractivity (Wildman–Crippen MR) is 71.5 cm³/mol. The first kappa shape index (κ1) is 11.7. The molecule has 0 aromatic heterocycles. The molecule has 0 amide bonds. The van der Waals surface area contributed by atoms with Crippen molar-refractivity contribution < 1.29 is 10.2 Å². The molecule has 3 rings (SSSR count). The number of aliphatic hydroxyl groups is 2. The van der Waals surface area contributed by atoms with Crippen LogP contribution in [0.4, 0.5) is 0 Å². The highest BCUT2D eigenvalue weighted by Gasteiger charge is 2.38. The second kappa shape index (κ2) is 4.69. The van der Waals surface area contributed by atoms with Crippen LogP contribution in [-0.4, -0.2) is 41.4 Å². The first-order valence-electron chi connectivity index (χ1n) is 6.34. The molecule has 0 aliphatic heterocycles. The highest BCUT2D eigenvalue weighted by molar-refractivity contribution is 5.92. The third kappa shape index (κ3) is 1.81. The molecule has 2 aromatic rings. The van der Waals surface area contributed by atoms with Crippen molar-refractivity contribution in [2.75, 3.05) is 26.3 Å². The van der Waals surface area contributed by atoms with Gasteiger partial charge >= 0.3 is 0 Å². The van der Waals surface area contributed by atoms with Crippen LogP contribution in [0.3, 0.4) is 0 Å². The Kier molecular flexibility index (Phi) is 3.04. The average Bonchev–Trinajstić information content (AvgIpc) is 3.13. The summed E-state index contributed by atoms with van der Waals surface area (Å²) < 4.78 is 0. The molecule has 2 aromatic carbocycles. The number of rotatable bonds is 5. The topological polar surface area (TPSA) is 43.7 Å². The number of aliphatic hydroxyl groups excluding tert-OH is 2. The van der Waals surface area contributed by atoms with Gasteiger partial charge in [0, 0.05) is 13.1 Å². The molecule has 1 aliphatic rings. The standard InChI is InChI=1S/C15H17NO2/c17-9-7-16(8-10-18)15-13-6-5-11-3-1-2-4-12(11)14(13)15/h1-6,15,17-18H,7-10H2. The van der Waals surface area contributed by atoms with Crippen LogP contribution in [0.1, 0.15) is 17.2 Å². The summed E-state index contributed by atoms with van der Waals surface area (Å²) >= 11 is 0. The zero-order chi connectivity index (χ0) is 12.5. The molecule has 18 heavy (non-hydrogen) atoms. The van der Waals surface area contributed by atoms with Crippen molar-refractivity contribution in [3.8, 4) is 0 Å². The minimum atomic E-state index is 0.127. The molecule has 0 bridgehead atoms. The minimum Gasteiger partial charge on any atom is -0.395 e. The van der Waals surface area contributed by atoms with Crippen molar-refractivity contribution in [2.24, 2.45) is 0 Å². The van der Waals surface area contributed by atoms with Gasteiger partial charge in [-0.2, -0.15) is 0 Å². The van der Waals surface area contributed by atoms with E-state index in [1.54, 1.807) is 0 Å². The quantitative estimate of drug-likeness (QED) is 0.837. The summed E-state index contributed by atoms with van der Waals surface area (Å²) in [6, 6.07) is 12.9. The number of benzene rings is 2. The van der Waals surface area contributed by atoms with Crippen molar-refractivity contribution >= 4 is 10.8 Å². The van der Waals surface area contributed by atoms with E-state index in [-0.39, 0.29) is 19.3 Å². The van der Waals surface area contributed by atoms with Gasteiger partial charge in [-0.05, 0) is 21.9 Å². The normalized spacial score (nSPS) is 17.2. The van der Waals surface area contributed by atoms with Crippen molar-refractivity contribution in [3.63, 3.8) is 0 Å². The van der Waals surface area contributed by atoms with Crippen molar-refractivity contribution in [1.29, 1.82) is 0 Å². The zero-order valence-electron chi connectivity index (χ0n) is 10.2. The lowest BCUT2D eigenvalue weighted by Crippen LogP contribution is -2.28. The maximum atomic E-state index is 9.11. The highest BCUT2D eigenvalue weighted by atomic mass is 16.3. The highest BCUT2D eigenvalue weighted by Crippen LogP contribution is 2.49. The van der Waals surface area contributed by atoms with Crippen molar-refractivity contribution in [2.45, 2.75) is 6.04 Å². The number of hydrogen-bond donors (Lipinski definition) is 2. The summed E-state index contributed by atoms with van der Waals surface area (Å²) in [6.07, 6.45) is 0. The van der Waals surface area contributed by atoms with E-state index in [2.05, 4.69) is 35.2 Å². The van der Waals surface area contributed by atoms with Gasteiger partial charge in [-0.15, -0.1) is 0 Å². The van der Waals surface area contributed by atoms with Crippen LogP contribution < -0.4 is 0 Å². The molecule has 94 valence electrons. The Hall–Kier alpha value is -1.42. The third-order valence-corrected chi connectivity index (χ3v) is 3.63. The molecule has 2 N–H and O–H groups in total. The van der Waals surface area contributed by atoms with Crippen LogP contribution in [0.15, 0.2) is 36.4 Å². The van der Waals surface area contributed by atoms with E-state index in [0.717, 1.165) is 0 Å². The molecule has 1 atom stereocenters. The lowest BCUT2D eigenvalue weighted by molar-refractivity contribution is 0.151. The van der Waals surface area contributed by atoms with E-state index in [1.165, 1.54) is 21.9 Å². The SMILES string of the molecule is OCCN(CCO)C1c2ccc3ccccc3c21. The smallest absolute Gasteiger partial charge is 0.0616 e. The molecule has 3 heteroatoms. The Bertz CT molecular complexity index is 561. The molecule has 0 heterocycles. The van der Waals surface area contributed by atoms with Crippen LogP contribution in [0, 0.1) is 0 Å². The Morgan fingerprint density at radius 2 is 1.67 bits per heavy atom. The average molecular weight is 243 g/mol. The Morgan fingerprint density at radius 1 is 0.944 bits per heavy atom. The Balaban J connectivity index is 1.94. The Morgan fingerprint density at radius 3 is 2.39 bits per heavy atom. The summed E-state index contributed by atoms with van der Waals surface area (Å²) in [7, 11) is 0. The first-order chi connectivity index (χ1) is 8.86. The van der Waals surface area contributed by atoms with Gasteiger partial charge in [0.2, 0.25) is 0 Å². The van der Waals surface area contributed by atoms with Gasteiger partial charge in [0.25, 0.3) is 0 Å². The molecule has 1 unspecified atom stereocenters. The van der Waals surface area contributed by atoms with Gasteiger partial charge in [0.05, 0.1) is 19.3 Å².